The Balaban J connectivity index is 2.49. The molecule has 0 aliphatic heterocycles. The van der Waals surface area contributed by atoms with Crippen LogP contribution < -0.4 is 11.5 Å². The Kier molecular flexibility index (Phi) is 1.99. The van der Waals surface area contributed by atoms with E-state index in [-0.39, 0.29) is 6.04 Å². The van der Waals surface area contributed by atoms with Gasteiger partial charge in [0.25, 0.3) is 0 Å². The Morgan fingerprint density at radius 2 is 2.11 bits per heavy atom. The lowest BCUT2D eigenvalue weighted by Gasteiger charge is -2.33. The molecule has 2 atom stereocenters. The quantitative estimate of drug-likeness (QED) is 0.394. The van der Waals surface area contributed by atoms with Gasteiger partial charge in [-0.3, -0.25) is 0 Å². The zero-order valence-corrected chi connectivity index (χ0v) is 6.19. The molecular weight excluding hydrogens is 136 g/mol. The second-order valence-electron chi connectivity index (χ2n) is 2.78. The monoisotopic (exact) mass is 148 g/mol. The third-order valence-corrected chi connectivity index (χ3v) is 2.41. The molecule has 0 radical (unpaired) electrons. The minimum atomic E-state index is -0.613. The van der Waals surface area contributed by atoms with E-state index in [1.165, 1.54) is 6.42 Å². The maximum atomic E-state index is 5.88. The van der Waals surface area contributed by atoms with Gasteiger partial charge >= 0.3 is 0 Å². The SMILES string of the molecule is NC1CCCC[C@]1(N)Cl. The van der Waals surface area contributed by atoms with Gasteiger partial charge < -0.3 is 11.5 Å². The van der Waals surface area contributed by atoms with Crippen LogP contribution in [-0.2, 0) is 0 Å². The Hall–Kier alpha value is 0.210. The van der Waals surface area contributed by atoms with Crippen LogP contribution in [0.15, 0.2) is 0 Å². The van der Waals surface area contributed by atoms with Gasteiger partial charge in [-0.05, 0) is 12.8 Å². The molecule has 4 N–H and O–H groups in total. The summed E-state index contributed by atoms with van der Waals surface area (Å²) in [5, 5.41) is 0. The molecule has 0 aromatic rings. The van der Waals surface area contributed by atoms with E-state index in [0.29, 0.717) is 0 Å². The fraction of sp³-hybridized carbons (Fsp3) is 1.00. The van der Waals surface area contributed by atoms with Crippen molar-refractivity contribution in [3.05, 3.63) is 0 Å². The highest BCUT2D eigenvalue weighted by molar-refractivity contribution is 6.24. The van der Waals surface area contributed by atoms with E-state index in [9.17, 15) is 0 Å². The van der Waals surface area contributed by atoms with Gasteiger partial charge in [0.1, 0.15) is 5.00 Å². The highest BCUT2D eigenvalue weighted by atomic mass is 35.5. The predicted octanol–water partition coefficient (Wildman–Crippen LogP) is 0.781. The van der Waals surface area contributed by atoms with E-state index in [1.54, 1.807) is 0 Å². The van der Waals surface area contributed by atoms with Crippen molar-refractivity contribution in [1.29, 1.82) is 0 Å². The second-order valence-corrected chi connectivity index (χ2v) is 3.48. The highest BCUT2D eigenvalue weighted by Gasteiger charge is 2.32. The molecule has 1 rings (SSSR count). The molecule has 1 fully saturated rings. The lowest BCUT2D eigenvalue weighted by Crippen LogP contribution is -2.52. The van der Waals surface area contributed by atoms with Gasteiger partial charge in [-0.15, -0.1) is 11.6 Å². The van der Waals surface area contributed by atoms with Crippen molar-refractivity contribution in [2.24, 2.45) is 11.5 Å². The van der Waals surface area contributed by atoms with Crippen LogP contribution in [0.2, 0.25) is 0 Å². The maximum absolute atomic E-state index is 5.88. The minimum absolute atomic E-state index is 0.00656. The number of hydrogen-bond acceptors (Lipinski definition) is 2. The summed E-state index contributed by atoms with van der Waals surface area (Å²) in [5.74, 6) is 0. The average Bonchev–Trinajstić information content (AvgIpc) is 1.77. The molecule has 9 heavy (non-hydrogen) atoms. The Bertz CT molecular complexity index is 103. The summed E-state index contributed by atoms with van der Waals surface area (Å²) in [5.41, 5.74) is 11.3. The summed E-state index contributed by atoms with van der Waals surface area (Å²) in [6.45, 7) is 0. The maximum Gasteiger partial charge on any atom is 0.106 e. The van der Waals surface area contributed by atoms with Crippen LogP contribution in [0.25, 0.3) is 0 Å². The number of halogens is 1. The van der Waals surface area contributed by atoms with Crippen molar-refractivity contribution >= 4 is 11.6 Å². The molecule has 0 spiro atoms. The van der Waals surface area contributed by atoms with E-state index in [4.69, 9.17) is 23.1 Å². The highest BCUT2D eigenvalue weighted by Crippen LogP contribution is 2.27. The lowest BCUT2D eigenvalue weighted by atomic mass is 9.91. The zero-order valence-electron chi connectivity index (χ0n) is 5.44. The van der Waals surface area contributed by atoms with E-state index >= 15 is 0 Å². The van der Waals surface area contributed by atoms with E-state index < -0.39 is 5.00 Å². The largest absolute Gasteiger partial charge is 0.325 e. The van der Waals surface area contributed by atoms with Crippen LogP contribution >= 0.6 is 11.6 Å². The van der Waals surface area contributed by atoms with Gasteiger partial charge in [-0.2, -0.15) is 0 Å². The molecule has 2 nitrogen and oxygen atoms in total. The summed E-state index contributed by atoms with van der Waals surface area (Å²) in [4.78, 5) is -0.613. The molecule has 54 valence electrons. The first-order valence-corrected chi connectivity index (χ1v) is 3.74. The van der Waals surface area contributed by atoms with Crippen molar-refractivity contribution in [3.8, 4) is 0 Å². The van der Waals surface area contributed by atoms with Crippen LogP contribution in [0.5, 0.6) is 0 Å². The summed E-state index contributed by atoms with van der Waals surface area (Å²) in [7, 11) is 0. The number of hydrogen-bond donors (Lipinski definition) is 2. The van der Waals surface area contributed by atoms with Crippen LogP contribution in [-0.4, -0.2) is 11.0 Å². The van der Waals surface area contributed by atoms with Crippen LogP contribution in [0.3, 0.4) is 0 Å². The Morgan fingerprint density at radius 3 is 2.44 bits per heavy atom. The first kappa shape index (κ1) is 7.32. The molecule has 0 saturated heterocycles. The van der Waals surface area contributed by atoms with Gasteiger partial charge in [0.05, 0.1) is 0 Å². The Labute approximate surface area is 60.5 Å². The molecule has 0 amide bonds. The van der Waals surface area contributed by atoms with Crippen molar-refractivity contribution in [2.45, 2.75) is 36.7 Å². The molecule has 1 aliphatic carbocycles. The van der Waals surface area contributed by atoms with Crippen molar-refractivity contribution in [3.63, 3.8) is 0 Å². The standard InChI is InChI=1S/C6H13ClN2/c7-6(9)4-2-1-3-5(6)8/h5H,1-4,8-9H2/t5?,6-/m1/s1. The normalized spacial score (nSPS) is 45.0. The van der Waals surface area contributed by atoms with Gasteiger partial charge in [-0.1, -0.05) is 12.8 Å². The number of rotatable bonds is 0. The van der Waals surface area contributed by atoms with Crippen molar-refractivity contribution < 1.29 is 0 Å². The third kappa shape index (κ3) is 1.57. The van der Waals surface area contributed by atoms with Crippen LogP contribution in [0.4, 0.5) is 0 Å². The summed E-state index contributed by atoms with van der Waals surface area (Å²) < 4.78 is 0. The van der Waals surface area contributed by atoms with Crippen LogP contribution in [0.1, 0.15) is 25.7 Å². The van der Waals surface area contributed by atoms with E-state index in [0.717, 1.165) is 19.3 Å². The third-order valence-electron chi connectivity index (χ3n) is 1.94. The topological polar surface area (TPSA) is 52.0 Å². The van der Waals surface area contributed by atoms with Crippen molar-refractivity contribution in [2.75, 3.05) is 0 Å². The second kappa shape index (κ2) is 2.45. The van der Waals surface area contributed by atoms with E-state index in [1.807, 2.05) is 0 Å². The predicted molar refractivity (Wildman–Crippen MR) is 39.2 cm³/mol. The van der Waals surface area contributed by atoms with Crippen molar-refractivity contribution in [1.82, 2.24) is 0 Å². The van der Waals surface area contributed by atoms with Gasteiger partial charge in [0.15, 0.2) is 0 Å². The van der Waals surface area contributed by atoms with Gasteiger partial charge in [0, 0.05) is 6.04 Å². The first-order chi connectivity index (χ1) is 4.13. The molecule has 1 unspecified atom stereocenters. The first-order valence-electron chi connectivity index (χ1n) is 3.36. The van der Waals surface area contributed by atoms with Gasteiger partial charge in [-0.25, -0.2) is 0 Å². The average molecular weight is 149 g/mol. The summed E-state index contributed by atoms with van der Waals surface area (Å²) >= 11 is 5.88. The molecule has 0 aromatic carbocycles. The number of nitrogens with two attached hydrogens (primary N) is 2. The van der Waals surface area contributed by atoms with Crippen LogP contribution in [0, 0.1) is 0 Å². The fourth-order valence-electron chi connectivity index (χ4n) is 1.19. The molecule has 0 bridgehead atoms. The molecular formula is C6H13ClN2. The molecule has 1 aliphatic rings. The molecule has 0 aromatic heterocycles. The Morgan fingerprint density at radius 1 is 1.44 bits per heavy atom. The summed E-state index contributed by atoms with van der Waals surface area (Å²) in [6, 6.07) is -0.00656. The molecule has 1 saturated carbocycles. The van der Waals surface area contributed by atoms with E-state index in [2.05, 4.69) is 0 Å². The molecule has 0 heterocycles. The number of alkyl halides is 1. The fourth-order valence-corrected chi connectivity index (χ4v) is 1.43. The minimum Gasteiger partial charge on any atom is -0.325 e. The summed E-state index contributed by atoms with van der Waals surface area (Å²) in [6.07, 6.45) is 4.12. The lowest BCUT2D eigenvalue weighted by molar-refractivity contribution is 0.345. The molecule has 3 heteroatoms. The van der Waals surface area contributed by atoms with Gasteiger partial charge in [0.2, 0.25) is 0 Å². The zero-order chi connectivity index (χ0) is 6.91. The smallest absolute Gasteiger partial charge is 0.106 e.